The van der Waals surface area contributed by atoms with Crippen molar-refractivity contribution in [1.82, 2.24) is 19.5 Å². The number of hydrogen-bond donors (Lipinski definition) is 0. The van der Waals surface area contributed by atoms with Gasteiger partial charge in [-0.15, -0.1) is 0 Å². The van der Waals surface area contributed by atoms with Gasteiger partial charge in [-0.1, -0.05) is 0 Å². The molecule has 0 saturated carbocycles. The Bertz CT molecular complexity index is 1020. The second-order valence-electron chi connectivity index (χ2n) is 6.69. The lowest BCUT2D eigenvalue weighted by molar-refractivity contribution is -0.130. The summed E-state index contributed by atoms with van der Waals surface area (Å²) in [5.74, 6) is 0.907. The van der Waals surface area contributed by atoms with Gasteiger partial charge >= 0.3 is 0 Å². The third-order valence-electron chi connectivity index (χ3n) is 4.86. The first-order chi connectivity index (χ1) is 13.4. The first kappa shape index (κ1) is 20.6. The lowest BCUT2D eigenvalue weighted by Gasteiger charge is -2.18. The van der Waals surface area contributed by atoms with Gasteiger partial charge in [0.15, 0.2) is 5.65 Å². The summed E-state index contributed by atoms with van der Waals surface area (Å²) in [5.41, 5.74) is 5.27. The van der Waals surface area contributed by atoms with Crippen LogP contribution in [0.15, 0.2) is 24.3 Å². The highest BCUT2D eigenvalue weighted by molar-refractivity contribution is 14.1. The third-order valence-corrected chi connectivity index (χ3v) is 5.70. The average Bonchev–Trinajstić information content (AvgIpc) is 3.01. The molecular weight excluding hydrogens is 465 g/mol. The molecule has 2 aromatic heterocycles. The van der Waals surface area contributed by atoms with E-state index in [0.717, 1.165) is 43.2 Å². The van der Waals surface area contributed by atoms with Gasteiger partial charge in [-0.25, -0.2) is 9.50 Å². The van der Waals surface area contributed by atoms with Crippen LogP contribution in [-0.2, 0) is 11.2 Å². The Morgan fingerprint density at radius 2 is 1.93 bits per heavy atom. The predicted octanol–water partition coefficient (Wildman–Crippen LogP) is 4.04. The molecule has 0 aliphatic rings. The molecule has 0 fully saturated rings. The maximum Gasteiger partial charge on any atom is 0.227 e. The molecular formula is C21H25IN4O2. The number of carbonyl (C=O) groups excluding carboxylic acids is 1. The summed E-state index contributed by atoms with van der Waals surface area (Å²) in [4.78, 5) is 19.4. The normalized spacial score (nSPS) is 11.1. The summed E-state index contributed by atoms with van der Waals surface area (Å²) in [5, 5.41) is 4.82. The molecule has 7 heteroatoms. The molecule has 148 valence electrons. The molecule has 0 unspecified atom stereocenters. The van der Waals surface area contributed by atoms with E-state index in [1.165, 1.54) is 0 Å². The maximum atomic E-state index is 12.9. The second-order valence-corrected chi connectivity index (χ2v) is 7.86. The first-order valence-electron chi connectivity index (χ1n) is 9.37. The van der Waals surface area contributed by atoms with Crippen LogP contribution in [0.25, 0.3) is 16.9 Å². The largest absolute Gasteiger partial charge is 0.496 e. The zero-order valence-electron chi connectivity index (χ0n) is 16.9. The highest BCUT2D eigenvalue weighted by Crippen LogP contribution is 2.31. The smallest absolute Gasteiger partial charge is 0.227 e. The van der Waals surface area contributed by atoms with Crippen molar-refractivity contribution in [2.45, 2.75) is 34.1 Å². The predicted molar refractivity (Wildman–Crippen MR) is 119 cm³/mol. The minimum atomic E-state index is 0.0883. The van der Waals surface area contributed by atoms with Gasteiger partial charge < -0.3 is 9.64 Å². The average molecular weight is 490 g/mol. The van der Waals surface area contributed by atoms with E-state index in [9.17, 15) is 4.79 Å². The van der Waals surface area contributed by atoms with Gasteiger partial charge in [-0.2, -0.15) is 5.10 Å². The molecule has 1 amide bonds. The Balaban J connectivity index is 2.20. The van der Waals surface area contributed by atoms with Gasteiger partial charge in [0.25, 0.3) is 0 Å². The van der Waals surface area contributed by atoms with Crippen LogP contribution in [0.3, 0.4) is 0 Å². The van der Waals surface area contributed by atoms with E-state index in [-0.39, 0.29) is 12.3 Å². The Morgan fingerprint density at radius 3 is 2.54 bits per heavy atom. The summed E-state index contributed by atoms with van der Waals surface area (Å²) in [6, 6.07) is 7.95. The number of amides is 1. The van der Waals surface area contributed by atoms with Crippen molar-refractivity contribution >= 4 is 34.1 Å². The van der Waals surface area contributed by atoms with E-state index in [0.29, 0.717) is 13.1 Å². The van der Waals surface area contributed by atoms with E-state index in [1.807, 2.05) is 61.4 Å². The molecule has 2 heterocycles. The number of rotatable bonds is 6. The zero-order valence-corrected chi connectivity index (χ0v) is 19.1. The van der Waals surface area contributed by atoms with Gasteiger partial charge in [0.1, 0.15) is 5.75 Å². The minimum absolute atomic E-state index is 0.0883. The monoisotopic (exact) mass is 490 g/mol. The van der Waals surface area contributed by atoms with Crippen LogP contribution in [0, 0.1) is 17.4 Å². The molecule has 0 aliphatic carbocycles. The van der Waals surface area contributed by atoms with Crippen molar-refractivity contribution in [2.24, 2.45) is 0 Å². The Labute approximate surface area is 179 Å². The molecule has 28 heavy (non-hydrogen) atoms. The van der Waals surface area contributed by atoms with Crippen molar-refractivity contribution in [3.63, 3.8) is 0 Å². The van der Waals surface area contributed by atoms with Crippen LogP contribution in [0.2, 0.25) is 0 Å². The van der Waals surface area contributed by atoms with Crippen LogP contribution >= 0.6 is 22.6 Å². The van der Waals surface area contributed by atoms with Gasteiger partial charge in [0.05, 0.1) is 22.8 Å². The molecule has 0 spiro atoms. The van der Waals surface area contributed by atoms with Crippen LogP contribution in [0.1, 0.15) is 30.8 Å². The lowest BCUT2D eigenvalue weighted by atomic mass is 10.0. The van der Waals surface area contributed by atoms with Crippen LogP contribution in [0.4, 0.5) is 0 Å². The molecule has 0 atom stereocenters. The molecule has 3 rings (SSSR count). The number of hydrogen-bond acceptors (Lipinski definition) is 4. The molecule has 0 bridgehead atoms. The number of likely N-dealkylation sites (N-methyl/N-ethyl adjacent to an activating group) is 1. The minimum Gasteiger partial charge on any atom is -0.496 e. The van der Waals surface area contributed by atoms with E-state index in [2.05, 4.69) is 22.6 Å². The number of aromatic nitrogens is 3. The van der Waals surface area contributed by atoms with Gasteiger partial charge in [0, 0.05) is 35.6 Å². The summed E-state index contributed by atoms with van der Waals surface area (Å²) >= 11 is 2.25. The molecule has 1 aromatic carbocycles. The Morgan fingerprint density at radius 1 is 1.21 bits per heavy atom. The molecule has 3 aromatic rings. The number of ether oxygens (including phenoxy) is 1. The summed E-state index contributed by atoms with van der Waals surface area (Å²) < 4.78 is 8.21. The van der Waals surface area contributed by atoms with Crippen LogP contribution in [-0.4, -0.2) is 45.6 Å². The molecule has 6 nitrogen and oxygen atoms in total. The van der Waals surface area contributed by atoms with E-state index in [4.69, 9.17) is 14.8 Å². The lowest BCUT2D eigenvalue weighted by Crippen LogP contribution is -2.31. The van der Waals surface area contributed by atoms with Gasteiger partial charge in [0.2, 0.25) is 5.91 Å². The topological polar surface area (TPSA) is 59.7 Å². The van der Waals surface area contributed by atoms with Gasteiger partial charge in [-0.05, 0) is 74.6 Å². The number of aryl methyl sites for hydroxylation is 2. The molecule has 0 saturated heterocycles. The quantitative estimate of drug-likeness (QED) is 0.490. The van der Waals surface area contributed by atoms with E-state index >= 15 is 0 Å². The second kappa shape index (κ2) is 8.46. The van der Waals surface area contributed by atoms with Gasteiger partial charge in [-0.3, -0.25) is 4.79 Å². The van der Waals surface area contributed by atoms with Crippen molar-refractivity contribution < 1.29 is 9.53 Å². The van der Waals surface area contributed by atoms with Crippen LogP contribution in [0.5, 0.6) is 5.75 Å². The number of nitrogens with zero attached hydrogens (tertiary/aromatic N) is 4. The number of halogens is 1. The summed E-state index contributed by atoms with van der Waals surface area (Å²) in [6.07, 6.45) is 0.277. The number of carbonyl (C=O) groups is 1. The highest BCUT2D eigenvalue weighted by Gasteiger charge is 2.22. The number of fused-ring (bicyclic) bond motifs is 1. The van der Waals surface area contributed by atoms with Crippen molar-refractivity contribution in [3.05, 3.63) is 44.8 Å². The fourth-order valence-electron chi connectivity index (χ4n) is 3.41. The van der Waals surface area contributed by atoms with E-state index in [1.54, 1.807) is 7.11 Å². The Kier molecular flexibility index (Phi) is 6.22. The molecule has 0 N–H and O–H groups in total. The molecule has 0 aliphatic heterocycles. The van der Waals surface area contributed by atoms with E-state index < -0.39 is 0 Å². The van der Waals surface area contributed by atoms with Crippen molar-refractivity contribution in [3.8, 4) is 17.0 Å². The first-order valence-corrected chi connectivity index (χ1v) is 10.4. The van der Waals surface area contributed by atoms with Crippen molar-refractivity contribution in [1.29, 1.82) is 0 Å². The summed E-state index contributed by atoms with van der Waals surface area (Å²) in [6.45, 7) is 9.34. The maximum absolute atomic E-state index is 12.9. The molecule has 0 radical (unpaired) electrons. The number of benzene rings is 1. The van der Waals surface area contributed by atoms with Crippen LogP contribution < -0.4 is 4.74 Å². The third kappa shape index (κ3) is 3.85. The fraction of sp³-hybridized carbons (Fsp3) is 0.381. The highest BCUT2D eigenvalue weighted by atomic mass is 125. The fourth-order valence-corrected chi connectivity index (χ4v) is 4.15. The number of methoxy groups -OCH3 is 1. The van der Waals surface area contributed by atoms with Crippen molar-refractivity contribution in [2.75, 3.05) is 20.2 Å². The SMILES string of the molecule is CCN(CC)C(=O)Cc1c(-c2ccc(OC)c([125I])c2)nn2c(C)cc(C)nc12. The standard InChI is InChI=1S/C21H25IN4O2/c1-6-25(7-2)19(27)12-16-20(15-8-9-18(28-5)17(22)11-15)24-26-14(4)10-13(3)23-21(16)26/h8-11H,6-7,12H2,1-5H3/i22-2. The summed E-state index contributed by atoms with van der Waals surface area (Å²) in [7, 11) is 1.66. The zero-order chi connectivity index (χ0) is 20.4. The Hall–Kier alpha value is -2.16.